The maximum Gasteiger partial charge on any atom is 0.255 e. The summed E-state index contributed by atoms with van der Waals surface area (Å²) in [6.45, 7) is 3.73. The molecule has 0 atom stereocenters. The Morgan fingerprint density at radius 3 is 2.67 bits per heavy atom. The van der Waals surface area contributed by atoms with Crippen molar-refractivity contribution in [3.63, 3.8) is 0 Å². The van der Waals surface area contributed by atoms with Crippen LogP contribution in [0.2, 0.25) is 0 Å². The highest BCUT2D eigenvalue weighted by Crippen LogP contribution is 2.17. The molecule has 1 aromatic heterocycles. The molecule has 1 aromatic carbocycles. The van der Waals surface area contributed by atoms with Crippen molar-refractivity contribution in [3.05, 3.63) is 53.9 Å². The molecule has 1 amide bonds. The summed E-state index contributed by atoms with van der Waals surface area (Å²) < 4.78 is 31.6. The van der Waals surface area contributed by atoms with Gasteiger partial charge in [-0.3, -0.25) is 4.79 Å². The van der Waals surface area contributed by atoms with Gasteiger partial charge in [0.15, 0.2) is 0 Å². The second-order valence-electron chi connectivity index (χ2n) is 4.62. The molecule has 2 rings (SSSR count). The van der Waals surface area contributed by atoms with Gasteiger partial charge in [0.25, 0.3) is 5.91 Å². The number of carbonyl (C=O) groups is 1. The van der Waals surface area contributed by atoms with E-state index in [9.17, 15) is 13.6 Å². The van der Waals surface area contributed by atoms with Gasteiger partial charge < -0.3 is 10.1 Å². The molecule has 6 heteroatoms. The van der Waals surface area contributed by atoms with Crippen LogP contribution in [0.3, 0.4) is 0 Å². The number of aromatic nitrogens is 1. The van der Waals surface area contributed by atoms with Crippen molar-refractivity contribution in [2.24, 2.45) is 0 Å². The number of halogens is 2. The number of amides is 1. The van der Waals surface area contributed by atoms with Crippen LogP contribution in [0, 0.1) is 11.9 Å². The fourth-order valence-corrected chi connectivity index (χ4v) is 1.68. The Hall–Kier alpha value is -2.50. The highest BCUT2D eigenvalue weighted by atomic mass is 19.1. The van der Waals surface area contributed by atoms with Crippen LogP contribution in [0.1, 0.15) is 24.2 Å². The van der Waals surface area contributed by atoms with Gasteiger partial charge in [-0.1, -0.05) is 6.07 Å². The number of hydrogen-bond donors (Lipinski definition) is 1. The number of ether oxygens (including phenoxy) is 1. The summed E-state index contributed by atoms with van der Waals surface area (Å²) in [6.07, 6.45) is -0.0259. The van der Waals surface area contributed by atoms with Gasteiger partial charge in [0.05, 0.1) is 11.8 Å². The number of pyridine rings is 1. The minimum Gasteiger partial charge on any atom is -0.491 e. The maximum atomic E-state index is 13.4. The highest BCUT2D eigenvalue weighted by Gasteiger charge is 2.12. The molecule has 110 valence electrons. The maximum absolute atomic E-state index is 13.4. The molecule has 0 aliphatic carbocycles. The molecule has 0 fully saturated rings. The van der Waals surface area contributed by atoms with E-state index in [1.54, 1.807) is 24.3 Å². The number of nitrogens with zero attached hydrogens (tertiary/aromatic N) is 1. The molecule has 0 radical (unpaired) electrons. The van der Waals surface area contributed by atoms with Crippen LogP contribution in [0.5, 0.6) is 5.75 Å². The molecule has 0 bridgehead atoms. The van der Waals surface area contributed by atoms with Gasteiger partial charge in [-0.05, 0) is 44.2 Å². The molecule has 1 heterocycles. The van der Waals surface area contributed by atoms with Gasteiger partial charge >= 0.3 is 0 Å². The molecule has 21 heavy (non-hydrogen) atoms. The molecule has 0 aliphatic rings. The molecular weight excluding hydrogens is 278 g/mol. The van der Waals surface area contributed by atoms with Crippen molar-refractivity contribution in [2.75, 3.05) is 5.32 Å². The fraction of sp³-hybridized carbons (Fsp3) is 0.200. The van der Waals surface area contributed by atoms with Gasteiger partial charge in [-0.2, -0.15) is 13.8 Å². The lowest BCUT2D eigenvalue weighted by molar-refractivity contribution is 0.102. The number of carbonyl (C=O) groups excluding carboxylic acids is 1. The van der Waals surface area contributed by atoms with E-state index in [1.807, 2.05) is 13.8 Å². The average molecular weight is 292 g/mol. The molecular formula is C15H14F2N2O2. The number of hydrogen-bond acceptors (Lipinski definition) is 3. The summed E-state index contributed by atoms with van der Waals surface area (Å²) in [5, 5.41) is 2.34. The topological polar surface area (TPSA) is 51.2 Å². The Morgan fingerprint density at radius 2 is 2.00 bits per heavy atom. The van der Waals surface area contributed by atoms with Crippen molar-refractivity contribution >= 4 is 11.6 Å². The SMILES string of the molecule is CC(C)Oc1cccc(C(=O)Nc2ccc(F)nc2F)c1. The first-order valence-electron chi connectivity index (χ1n) is 6.36. The summed E-state index contributed by atoms with van der Waals surface area (Å²) in [5.41, 5.74) is 0.119. The number of rotatable bonds is 4. The third-order valence-electron chi connectivity index (χ3n) is 2.53. The summed E-state index contributed by atoms with van der Waals surface area (Å²) >= 11 is 0. The lowest BCUT2D eigenvalue weighted by Gasteiger charge is -2.11. The van der Waals surface area contributed by atoms with Crippen LogP contribution in [0.15, 0.2) is 36.4 Å². The van der Waals surface area contributed by atoms with E-state index in [1.165, 1.54) is 0 Å². The normalized spacial score (nSPS) is 10.5. The monoisotopic (exact) mass is 292 g/mol. The first kappa shape index (κ1) is 14.9. The second-order valence-corrected chi connectivity index (χ2v) is 4.62. The molecule has 0 aliphatic heterocycles. The molecule has 0 spiro atoms. The Morgan fingerprint density at radius 1 is 1.24 bits per heavy atom. The van der Waals surface area contributed by atoms with Gasteiger partial charge in [0, 0.05) is 5.56 Å². The summed E-state index contributed by atoms with van der Waals surface area (Å²) in [7, 11) is 0. The third-order valence-corrected chi connectivity index (χ3v) is 2.53. The minimum absolute atomic E-state index is 0.0259. The van der Waals surface area contributed by atoms with Crippen LogP contribution >= 0.6 is 0 Å². The zero-order valence-corrected chi connectivity index (χ0v) is 11.6. The van der Waals surface area contributed by atoms with Gasteiger partial charge in [0.2, 0.25) is 11.9 Å². The van der Waals surface area contributed by atoms with Crippen LogP contribution in [-0.4, -0.2) is 17.0 Å². The van der Waals surface area contributed by atoms with Crippen LogP contribution < -0.4 is 10.1 Å². The first-order valence-corrected chi connectivity index (χ1v) is 6.36. The van der Waals surface area contributed by atoms with Crippen molar-refractivity contribution in [1.82, 2.24) is 4.98 Å². The quantitative estimate of drug-likeness (QED) is 0.879. The fourth-order valence-electron chi connectivity index (χ4n) is 1.68. The van der Waals surface area contributed by atoms with Crippen LogP contribution in [-0.2, 0) is 0 Å². The van der Waals surface area contributed by atoms with Crippen LogP contribution in [0.4, 0.5) is 14.5 Å². The summed E-state index contributed by atoms with van der Waals surface area (Å²) in [4.78, 5) is 15.0. The number of nitrogens with one attached hydrogen (secondary N) is 1. The van der Waals surface area contributed by atoms with E-state index in [2.05, 4.69) is 10.3 Å². The Bertz CT molecular complexity index is 660. The summed E-state index contributed by atoms with van der Waals surface area (Å²) in [5.74, 6) is -2.01. The van der Waals surface area contributed by atoms with Gasteiger partial charge in [-0.15, -0.1) is 0 Å². The smallest absolute Gasteiger partial charge is 0.255 e. The van der Waals surface area contributed by atoms with E-state index in [0.717, 1.165) is 12.1 Å². The van der Waals surface area contributed by atoms with Crippen molar-refractivity contribution < 1.29 is 18.3 Å². The van der Waals surface area contributed by atoms with Gasteiger partial charge in [-0.25, -0.2) is 0 Å². The van der Waals surface area contributed by atoms with Crippen molar-refractivity contribution in [2.45, 2.75) is 20.0 Å². The van der Waals surface area contributed by atoms with E-state index in [4.69, 9.17) is 4.74 Å². The molecule has 2 aromatic rings. The highest BCUT2D eigenvalue weighted by molar-refractivity contribution is 6.04. The Labute approximate surface area is 120 Å². The van der Waals surface area contributed by atoms with E-state index >= 15 is 0 Å². The minimum atomic E-state index is -1.07. The molecule has 4 nitrogen and oxygen atoms in total. The standard InChI is InChI=1S/C15H14F2N2O2/c1-9(2)21-11-5-3-4-10(8-11)15(20)18-12-6-7-13(16)19-14(12)17/h3-9H,1-2H3,(H,18,20). The van der Waals surface area contributed by atoms with E-state index in [-0.39, 0.29) is 11.8 Å². The predicted molar refractivity (Wildman–Crippen MR) is 74.3 cm³/mol. The van der Waals surface area contributed by atoms with Gasteiger partial charge in [0.1, 0.15) is 5.75 Å². The number of benzene rings is 1. The zero-order chi connectivity index (χ0) is 15.4. The Balaban J connectivity index is 2.16. The molecule has 0 saturated carbocycles. The molecule has 1 N–H and O–H groups in total. The number of anilines is 1. The van der Waals surface area contributed by atoms with Crippen molar-refractivity contribution in [1.29, 1.82) is 0 Å². The third kappa shape index (κ3) is 3.98. The lowest BCUT2D eigenvalue weighted by atomic mass is 10.2. The van der Waals surface area contributed by atoms with E-state index < -0.39 is 17.8 Å². The molecule has 0 saturated heterocycles. The summed E-state index contributed by atoms with van der Waals surface area (Å²) in [6, 6.07) is 8.57. The predicted octanol–water partition coefficient (Wildman–Crippen LogP) is 3.40. The second kappa shape index (κ2) is 6.30. The van der Waals surface area contributed by atoms with Crippen LogP contribution in [0.25, 0.3) is 0 Å². The lowest BCUT2D eigenvalue weighted by Crippen LogP contribution is -2.14. The zero-order valence-electron chi connectivity index (χ0n) is 11.6. The van der Waals surface area contributed by atoms with E-state index in [0.29, 0.717) is 11.3 Å². The average Bonchev–Trinajstić information content (AvgIpc) is 2.41. The van der Waals surface area contributed by atoms with Crippen molar-refractivity contribution in [3.8, 4) is 5.75 Å². The Kier molecular flexibility index (Phi) is 4.47. The molecule has 0 unspecified atom stereocenters. The largest absolute Gasteiger partial charge is 0.491 e. The first-order chi connectivity index (χ1) is 9.95.